The lowest BCUT2D eigenvalue weighted by molar-refractivity contribution is 0.501. The maximum atomic E-state index is 6.09. The van der Waals surface area contributed by atoms with Crippen LogP contribution in [0.15, 0.2) is 85.4 Å². The Morgan fingerprint density at radius 2 is 1.62 bits per heavy atom. The van der Waals surface area contributed by atoms with Gasteiger partial charge in [-0.2, -0.15) is 4.98 Å². The molecular formula is C23H18N2O. The molecule has 0 unspecified atom stereocenters. The Morgan fingerprint density at radius 1 is 0.846 bits per heavy atom. The van der Waals surface area contributed by atoms with Gasteiger partial charge in [-0.05, 0) is 25.1 Å². The minimum atomic E-state index is 0.515. The fraction of sp³-hybridized carbons (Fsp3) is 0.0435. The number of hydrogen-bond acceptors (Lipinski definition) is 3. The van der Waals surface area contributed by atoms with Crippen LogP contribution in [-0.4, -0.2) is 9.97 Å². The molecule has 0 aliphatic rings. The van der Waals surface area contributed by atoms with Crippen LogP contribution >= 0.6 is 0 Å². The Hall–Kier alpha value is -3.46. The zero-order valence-corrected chi connectivity index (χ0v) is 14.5. The van der Waals surface area contributed by atoms with Gasteiger partial charge in [-0.15, -0.1) is 0 Å². The number of hydrogen-bond donors (Lipinski definition) is 0. The summed E-state index contributed by atoms with van der Waals surface area (Å²) in [6.45, 7) is 6.13. The van der Waals surface area contributed by atoms with Crippen molar-refractivity contribution in [2.75, 3.05) is 0 Å². The first kappa shape index (κ1) is 16.0. The van der Waals surface area contributed by atoms with Crippen LogP contribution in [-0.2, 0) is 0 Å². The van der Waals surface area contributed by atoms with E-state index in [2.05, 4.69) is 16.5 Å². The molecule has 0 radical (unpaired) electrons. The lowest BCUT2D eigenvalue weighted by Crippen LogP contribution is -2.00. The van der Waals surface area contributed by atoms with Crippen molar-refractivity contribution in [3.63, 3.8) is 0 Å². The second kappa shape index (κ2) is 6.81. The zero-order chi connectivity index (χ0) is 17.9. The average Bonchev–Trinajstić information content (AvgIpc) is 2.68. The molecule has 0 atom stereocenters. The summed E-state index contributed by atoms with van der Waals surface area (Å²) in [5.74, 6) is 1.72. The third kappa shape index (κ3) is 3.20. The number of aromatic nitrogens is 2. The number of benzene rings is 3. The van der Waals surface area contributed by atoms with Crippen molar-refractivity contribution in [1.82, 2.24) is 9.97 Å². The van der Waals surface area contributed by atoms with E-state index in [1.54, 1.807) is 0 Å². The highest BCUT2D eigenvalue weighted by Gasteiger charge is 2.12. The van der Waals surface area contributed by atoms with Gasteiger partial charge in [0.25, 0.3) is 0 Å². The lowest BCUT2D eigenvalue weighted by Gasteiger charge is -2.12. The highest BCUT2D eigenvalue weighted by atomic mass is 16.5. The largest absolute Gasteiger partial charge is 0.438 e. The van der Waals surface area contributed by atoms with Gasteiger partial charge in [0.2, 0.25) is 5.88 Å². The lowest BCUT2D eigenvalue weighted by atomic mass is 10.1. The molecule has 3 aromatic carbocycles. The van der Waals surface area contributed by atoms with E-state index in [9.17, 15) is 0 Å². The Morgan fingerprint density at radius 3 is 2.42 bits per heavy atom. The minimum Gasteiger partial charge on any atom is -0.438 e. The van der Waals surface area contributed by atoms with E-state index in [-0.39, 0.29) is 0 Å². The maximum absolute atomic E-state index is 6.09. The summed E-state index contributed by atoms with van der Waals surface area (Å²) in [7, 11) is 0. The number of nitrogens with zero attached hydrogens (tertiary/aromatic N) is 2. The zero-order valence-electron chi connectivity index (χ0n) is 14.5. The van der Waals surface area contributed by atoms with Crippen molar-refractivity contribution in [2.24, 2.45) is 0 Å². The molecule has 0 N–H and O–H groups in total. The maximum Gasteiger partial charge on any atom is 0.230 e. The van der Waals surface area contributed by atoms with Crippen LogP contribution in [0.25, 0.3) is 28.0 Å². The molecule has 0 spiro atoms. The summed E-state index contributed by atoms with van der Waals surface area (Å²) in [6, 6.07) is 25.8. The van der Waals surface area contributed by atoms with Crippen molar-refractivity contribution in [3.05, 3.63) is 96.6 Å². The van der Waals surface area contributed by atoms with E-state index in [1.807, 2.05) is 85.8 Å². The highest BCUT2D eigenvalue weighted by Crippen LogP contribution is 2.29. The van der Waals surface area contributed by atoms with E-state index in [0.29, 0.717) is 17.5 Å². The smallest absolute Gasteiger partial charge is 0.230 e. The van der Waals surface area contributed by atoms with Crippen LogP contribution in [0.1, 0.15) is 11.1 Å². The topological polar surface area (TPSA) is 35.0 Å². The normalized spacial score (nSPS) is 10.7. The number of rotatable bonds is 4. The molecule has 3 heteroatoms. The molecule has 0 saturated carbocycles. The summed E-state index contributed by atoms with van der Waals surface area (Å²) < 4.78 is 6.09. The van der Waals surface area contributed by atoms with Crippen LogP contribution < -0.4 is 4.74 Å². The molecule has 0 fully saturated rings. The van der Waals surface area contributed by atoms with Gasteiger partial charge in [-0.25, -0.2) is 4.98 Å². The number of aryl methyl sites for hydroxylation is 1. The SMILES string of the molecule is C=C(Oc1nc(-c2ccccc2)nc2ccccc12)c1cccc(C)c1. The van der Waals surface area contributed by atoms with Crippen LogP contribution in [0.2, 0.25) is 0 Å². The van der Waals surface area contributed by atoms with Gasteiger partial charge >= 0.3 is 0 Å². The van der Waals surface area contributed by atoms with E-state index in [1.165, 1.54) is 0 Å². The van der Waals surface area contributed by atoms with Crippen LogP contribution in [0.3, 0.4) is 0 Å². The highest BCUT2D eigenvalue weighted by molar-refractivity contribution is 5.86. The first-order chi connectivity index (χ1) is 12.7. The predicted octanol–water partition coefficient (Wildman–Crippen LogP) is 5.65. The van der Waals surface area contributed by atoms with Crippen molar-refractivity contribution in [1.29, 1.82) is 0 Å². The molecule has 3 nitrogen and oxygen atoms in total. The van der Waals surface area contributed by atoms with Crippen LogP contribution in [0, 0.1) is 6.92 Å². The van der Waals surface area contributed by atoms with Gasteiger partial charge in [0.05, 0.1) is 10.9 Å². The molecular weight excluding hydrogens is 320 g/mol. The minimum absolute atomic E-state index is 0.515. The van der Waals surface area contributed by atoms with Gasteiger partial charge in [0.15, 0.2) is 5.82 Å². The summed E-state index contributed by atoms with van der Waals surface area (Å²) >= 11 is 0. The summed E-state index contributed by atoms with van der Waals surface area (Å²) in [4.78, 5) is 9.34. The number of para-hydroxylation sites is 1. The Labute approximate surface area is 152 Å². The van der Waals surface area contributed by atoms with Crippen molar-refractivity contribution in [3.8, 4) is 17.3 Å². The third-order valence-electron chi connectivity index (χ3n) is 4.16. The Kier molecular flexibility index (Phi) is 4.20. The quantitative estimate of drug-likeness (QED) is 0.451. The number of fused-ring (bicyclic) bond motifs is 1. The van der Waals surface area contributed by atoms with Gasteiger partial charge in [0.1, 0.15) is 5.76 Å². The Balaban J connectivity index is 1.79. The van der Waals surface area contributed by atoms with E-state index >= 15 is 0 Å². The number of ether oxygens (including phenoxy) is 1. The first-order valence-electron chi connectivity index (χ1n) is 8.47. The van der Waals surface area contributed by atoms with Crippen molar-refractivity contribution >= 4 is 16.7 Å². The van der Waals surface area contributed by atoms with Crippen LogP contribution in [0.4, 0.5) is 0 Å². The van der Waals surface area contributed by atoms with Gasteiger partial charge < -0.3 is 4.74 Å². The molecule has 0 aliphatic carbocycles. The molecule has 4 rings (SSSR count). The van der Waals surface area contributed by atoms with E-state index in [0.717, 1.165) is 27.6 Å². The summed E-state index contributed by atoms with van der Waals surface area (Å²) in [5.41, 5.74) is 3.89. The fourth-order valence-corrected chi connectivity index (χ4v) is 2.84. The predicted molar refractivity (Wildman–Crippen MR) is 106 cm³/mol. The second-order valence-electron chi connectivity index (χ2n) is 6.13. The third-order valence-corrected chi connectivity index (χ3v) is 4.16. The summed E-state index contributed by atoms with van der Waals surface area (Å²) in [6.07, 6.45) is 0. The van der Waals surface area contributed by atoms with E-state index in [4.69, 9.17) is 4.74 Å². The van der Waals surface area contributed by atoms with Crippen molar-refractivity contribution in [2.45, 2.75) is 6.92 Å². The molecule has 0 amide bonds. The Bertz CT molecular complexity index is 1090. The monoisotopic (exact) mass is 338 g/mol. The molecule has 0 aliphatic heterocycles. The van der Waals surface area contributed by atoms with E-state index < -0.39 is 0 Å². The first-order valence-corrected chi connectivity index (χ1v) is 8.47. The summed E-state index contributed by atoms with van der Waals surface area (Å²) in [5, 5.41) is 0.862. The average molecular weight is 338 g/mol. The molecule has 126 valence electrons. The molecule has 4 aromatic rings. The van der Waals surface area contributed by atoms with Gasteiger partial charge in [-0.3, -0.25) is 0 Å². The molecule has 0 saturated heterocycles. The van der Waals surface area contributed by atoms with Gasteiger partial charge in [-0.1, -0.05) is 72.8 Å². The van der Waals surface area contributed by atoms with Crippen LogP contribution in [0.5, 0.6) is 5.88 Å². The molecule has 0 bridgehead atoms. The fourth-order valence-electron chi connectivity index (χ4n) is 2.84. The molecule has 1 heterocycles. The second-order valence-corrected chi connectivity index (χ2v) is 6.13. The molecule has 1 aromatic heterocycles. The van der Waals surface area contributed by atoms with Gasteiger partial charge in [0, 0.05) is 11.1 Å². The van der Waals surface area contributed by atoms with Crippen molar-refractivity contribution < 1.29 is 4.74 Å². The standard InChI is InChI=1S/C23H18N2O/c1-16-9-8-12-19(15-16)17(2)26-23-20-13-6-7-14-21(20)24-22(25-23)18-10-4-3-5-11-18/h3-15H,2H2,1H3. The molecule has 26 heavy (non-hydrogen) atoms.